The van der Waals surface area contributed by atoms with Gasteiger partial charge in [0.25, 0.3) is 0 Å². The van der Waals surface area contributed by atoms with Gasteiger partial charge in [-0.2, -0.15) is 4.37 Å². The molecule has 2 heterocycles. The number of methoxy groups -OCH3 is 1. The predicted molar refractivity (Wildman–Crippen MR) is 98.2 cm³/mol. The van der Waals surface area contributed by atoms with E-state index in [0.29, 0.717) is 18.0 Å². The van der Waals surface area contributed by atoms with Crippen molar-refractivity contribution >= 4 is 17.2 Å². The molecule has 0 radical (unpaired) electrons. The van der Waals surface area contributed by atoms with Crippen molar-refractivity contribution in [1.82, 2.24) is 9.36 Å². The summed E-state index contributed by atoms with van der Waals surface area (Å²) in [6.07, 6.45) is 5.32. The first-order valence-electron chi connectivity index (χ1n) is 8.74. The molecule has 0 bridgehead atoms. The van der Waals surface area contributed by atoms with E-state index in [2.05, 4.69) is 14.5 Å². The summed E-state index contributed by atoms with van der Waals surface area (Å²) in [5.41, 5.74) is 0.946. The van der Waals surface area contributed by atoms with Crippen molar-refractivity contribution in [2.45, 2.75) is 50.7 Å². The Balaban J connectivity index is 1.57. The summed E-state index contributed by atoms with van der Waals surface area (Å²) in [6, 6.07) is 5.79. The highest BCUT2D eigenvalue weighted by atomic mass is 32.1. The van der Waals surface area contributed by atoms with Gasteiger partial charge in [-0.1, -0.05) is 5.16 Å². The fraction of sp³-hybridized carbons (Fsp3) is 0.500. The maximum Gasteiger partial charge on any atom is 0.323 e. The summed E-state index contributed by atoms with van der Waals surface area (Å²) < 4.78 is 15.7. The van der Waals surface area contributed by atoms with Crippen LogP contribution in [0.15, 0.2) is 28.1 Å². The van der Waals surface area contributed by atoms with Gasteiger partial charge in [-0.3, -0.25) is 9.78 Å². The monoisotopic (exact) mass is 375 g/mol. The molecule has 1 fully saturated rings. The number of aromatic nitrogens is 2. The molecule has 1 aromatic heterocycles. The largest absolute Gasteiger partial charge is 0.493 e. The number of nitrogens with zero attached hydrogens (tertiary/aromatic N) is 2. The highest BCUT2D eigenvalue weighted by Gasteiger charge is 2.40. The topological polar surface area (TPSA) is 85.8 Å². The first-order chi connectivity index (χ1) is 12.6. The molecule has 0 saturated heterocycles. The minimum absolute atomic E-state index is 0.199. The van der Waals surface area contributed by atoms with Crippen LogP contribution >= 0.6 is 11.5 Å². The third-order valence-corrected chi connectivity index (χ3v) is 5.44. The van der Waals surface area contributed by atoms with E-state index in [1.807, 2.05) is 25.1 Å². The summed E-state index contributed by atoms with van der Waals surface area (Å²) >= 11 is 0.883. The van der Waals surface area contributed by atoms with Gasteiger partial charge < -0.3 is 14.3 Å². The van der Waals surface area contributed by atoms with E-state index in [9.17, 15) is 4.79 Å². The molecule has 0 spiro atoms. The third kappa shape index (κ3) is 3.21. The van der Waals surface area contributed by atoms with Gasteiger partial charge in [0.1, 0.15) is 0 Å². The average Bonchev–Trinajstić information content (AvgIpc) is 3.37. The summed E-state index contributed by atoms with van der Waals surface area (Å²) in [5.74, 6) is 1.95. The standard InChI is InChI=1S/C18H21N3O4S/c1-18(16-19-17(22)26-21-16)10-13(20-25-18)11-7-8-14(23-2)15(9-11)24-12-5-3-4-6-12/h7-9,12H,3-6,10H2,1-2H3,(H,19,21,22). The summed E-state index contributed by atoms with van der Waals surface area (Å²) in [6.45, 7) is 1.87. The molecular formula is C18H21N3O4S. The molecule has 2 aromatic rings. The van der Waals surface area contributed by atoms with E-state index < -0.39 is 5.60 Å². The number of oxime groups is 1. The van der Waals surface area contributed by atoms with Gasteiger partial charge in [-0.05, 0) is 50.8 Å². The van der Waals surface area contributed by atoms with Crippen LogP contribution in [0.25, 0.3) is 0 Å². The SMILES string of the molecule is COc1ccc(C2=NOC(C)(c3nsc(=O)[nH]3)C2)cc1OC1CCCC1. The fourth-order valence-corrected chi connectivity index (χ4v) is 3.97. The zero-order valence-corrected chi connectivity index (χ0v) is 15.6. The maximum atomic E-state index is 11.4. The number of rotatable bonds is 5. The van der Waals surface area contributed by atoms with Gasteiger partial charge in [0, 0.05) is 23.5 Å². The molecule has 1 N–H and O–H groups in total. The van der Waals surface area contributed by atoms with Crippen molar-refractivity contribution < 1.29 is 14.3 Å². The lowest BCUT2D eigenvalue weighted by Crippen LogP contribution is -2.24. The molecule has 26 heavy (non-hydrogen) atoms. The Bertz CT molecular complexity index is 885. The number of ether oxygens (including phenoxy) is 2. The Kier molecular flexibility index (Phi) is 4.44. The van der Waals surface area contributed by atoms with Crippen LogP contribution in [0, 0.1) is 0 Å². The van der Waals surface area contributed by atoms with E-state index in [-0.39, 0.29) is 11.0 Å². The minimum atomic E-state index is -0.763. The molecule has 138 valence electrons. The van der Waals surface area contributed by atoms with Crippen LogP contribution < -0.4 is 14.3 Å². The number of hydrogen-bond acceptors (Lipinski definition) is 7. The number of benzene rings is 1. The summed E-state index contributed by atoms with van der Waals surface area (Å²) in [4.78, 5) is 19.5. The van der Waals surface area contributed by atoms with Crippen LogP contribution in [-0.4, -0.2) is 28.3 Å². The summed E-state index contributed by atoms with van der Waals surface area (Å²) in [7, 11) is 1.64. The Morgan fingerprint density at radius 1 is 1.31 bits per heavy atom. The van der Waals surface area contributed by atoms with Crippen LogP contribution in [0.3, 0.4) is 0 Å². The predicted octanol–water partition coefficient (Wildman–Crippen LogP) is 3.20. The molecule has 1 atom stereocenters. The van der Waals surface area contributed by atoms with Crippen LogP contribution in [0.1, 0.15) is 50.4 Å². The highest BCUT2D eigenvalue weighted by molar-refractivity contribution is 7.02. The van der Waals surface area contributed by atoms with Crippen molar-refractivity contribution in [1.29, 1.82) is 0 Å². The zero-order chi connectivity index (χ0) is 18.1. The second-order valence-electron chi connectivity index (χ2n) is 6.87. The third-order valence-electron chi connectivity index (χ3n) is 4.90. The van der Waals surface area contributed by atoms with E-state index >= 15 is 0 Å². The maximum absolute atomic E-state index is 11.4. The van der Waals surface area contributed by atoms with E-state index in [1.54, 1.807) is 7.11 Å². The second-order valence-corrected chi connectivity index (χ2v) is 7.61. The Morgan fingerprint density at radius 3 is 2.81 bits per heavy atom. The second kappa shape index (κ2) is 6.75. The molecule has 1 saturated carbocycles. The Labute approximate surface area is 155 Å². The van der Waals surface area contributed by atoms with E-state index in [0.717, 1.165) is 41.4 Å². The molecule has 8 heteroatoms. The van der Waals surface area contributed by atoms with E-state index in [4.69, 9.17) is 14.3 Å². The van der Waals surface area contributed by atoms with Crippen molar-refractivity contribution in [2.75, 3.05) is 7.11 Å². The lowest BCUT2D eigenvalue weighted by molar-refractivity contribution is -0.0136. The van der Waals surface area contributed by atoms with Crippen molar-refractivity contribution in [3.63, 3.8) is 0 Å². The quantitative estimate of drug-likeness (QED) is 0.867. The van der Waals surface area contributed by atoms with Gasteiger partial charge in [0.05, 0.1) is 18.9 Å². The minimum Gasteiger partial charge on any atom is -0.493 e. The van der Waals surface area contributed by atoms with Gasteiger partial charge in [0.2, 0.25) is 0 Å². The number of aromatic amines is 1. The Hall–Kier alpha value is -2.35. The molecule has 0 amide bonds. The molecule has 1 aliphatic carbocycles. The molecule has 4 rings (SSSR count). The normalized spacial score (nSPS) is 22.9. The molecule has 7 nitrogen and oxygen atoms in total. The smallest absolute Gasteiger partial charge is 0.323 e. The van der Waals surface area contributed by atoms with Crippen LogP contribution in [-0.2, 0) is 10.4 Å². The van der Waals surface area contributed by atoms with E-state index in [1.165, 1.54) is 12.8 Å². The lowest BCUT2D eigenvalue weighted by Gasteiger charge is -2.18. The lowest BCUT2D eigenvalue weighted by atomic mass is 9.95. The first kappa shape index (κ1) is 17.1. The zero-order valence-electron chi connectivity index (χ0n) is 14.8. The van der Waals surface area contributed by atoms with Gasteiger partial charge in [0.15, 0.2) is 22.9 Å². The molecule has 1 aromatic carbocycles. The molecule has 1 aliphatic heterocycles. The highest BCUT2D eigenvalue weighted by Crippen LogP contribution is 2.37. The van der Waals surface area contributed by atoms with Gasteiger partial charge >= 0.3 is 4.87 Å². The van der Waals surface area contributed by atoms with Gasteiger partial charge in [-0.15, -0.1) is 0 Å². The summed E-state index contributed by atoms with van der Waals surface area (Å²) in [5, 5.41) is 4.24. The molecule has 1 unspecified atom stereocenters. The van der Waals surface area contributed by atoms with Crippen molar-refractivity contribution in [3.05, 3.63) is 39.3 Å². The number of nitrogens with one attached hydrogen (secondary N) is 1. The van der Waals surface area contributed by atoms with Crippen molar-refractivity contribution in [2.24, 2.45) is 5.16 Å². The number of H-pyrrole nitrogens is 1. The number of hydrogen-bond donors (Lipinski definition) is 1. The van der Waals surface area contributed by atoms with Gasteiger partial charge in [-0.25, -0.2) is 0 Å². The molecule has 2 aliphatic rings. The van der Waals surface area contributed by atoms with Crippen molar-refractivity contribution in [3.8, 4) is 11.5 Å². The average molecular weight is 375 g/mol. The van der Waals surface area contributed by atoms with Crippen LogP contribution in [0.5, 0.6) is 11.5 Å². The first-order valence-corrected chi connectivity index (χ1v) is 9.51. The Morgan fingerprint density at radius 2 is 2.12 bits per heavy atom. The fourth-order valence-electron chi connectivity index (χ4n) is 3.41. The molecular weight excluding hydrogens is 354 g/mol. The van der Waals surface area contributed by atoms with Crippen LogP contribution in [0.2, 0.25) is 0 Å². The van der Waals surface area contributed by atoms with Crippen LogP contribution in [0.4, 0.5) is 0 Å².